The van der Waals surface area contributed by atoms with E-state index in [0.717, 1.165) is 27.6 Å². The molecule has 0 N–H and O–H groups in total. The summed E-state index contributed by atoms with van der Waals surface area (Å²) in [5.41, 5.74) is 2.14. The smallest absolute Gasteiger partial charge is 0.169 e. The van der Waals surface area contributed by atoms with Crippen molar-refractivity contribution in [1.82, 2.24) is 4.90 Å². The van der Waals surface area contributed by atoms with Gasteiger partial charge in [0.15, 0.2) is 5.17 Å². The van der Waals surface area contributed by atoms with Gasteiger partial charge in [-0.1, -0.05) is 39.8 Å². The predicted molar refractivity (Wildman–Crippen MR) is 102 cm³/mol. The van der Waals surface area contributed by atoms with Gasteiger partial charge in [-0.25, -0.2) is 4.99 Å². The monoisotopic (exact) mass is 388 g/mol. The molecule has 3 rings (SSSR count). The van der Waals surface area contributed by atoms with Crippen LogP contribution in [0.5, 0.6) is 5.75 Å². The third kappa shape index (κ3) is 4.18. The van der Waals surface area contributed by atoms with Crippen molar-refractivity contribution in [3.63, 3.8) is 0 Å². The van der Waals surface area contributed by atoms with Crippen LogP contribution < -0.4 is 4.74 Å². The van der Waals surface area contributed by atoms with Crippen LogP contribution in [0.2, 0.25) is 0 Å². The Hall–Kier alpha value is -1.72. The molecule has 1 aliphatic rings. The number of ether oxygens (including phenoxy) is 1. The van der Waals surface area contributed by atoms with Crippen LogP contribution in [-0.2, 0) is 0 Å². The number of aliphatic imine (C=N–C) groups is 1. The van der Waals surface area contributed by atoms with Crippen molar-refractivity contribution in [3.05, 3.63) is 63.5 Å². The molecule has 0 aromatic heterocycles. The molecular weight excluding hydrogens is 372 g/mol. The molecule has 1 saturated heterocycles. The third-order valence-electron chi connectivity index (χ3n) is 3.44. The van der Waals surface area contributed by atoms with Crippen LogP contribution in [0.4, 0.5) is 5.69 Å². The second-order valence-corrected chi connectivity index (χ2v) is 7.22. The average molecular weight is 389 g/mol. The van der Waals surface area contributed by atoms with Gasteiger partial charge >= 0.3 is 0 Å². The maximum atomic E-state index is 5.19. The van der Waals surface area contributed by atoms with Crippen molar-refractivity contribution < 1.29 is 4.74 Å². The number of likely N-dealkylation sites (N-methyl/N-ethyl adjacent to an activating group) is 1. The highest BCUT2D eigenvalue weighted by Gasteiger charge is 2.20. The number of benzene rings is 2. The predicted octanol–water partition coefficient (Wildman–Crippen LogP) is 5.16. The van der Waals surface area contributed by atoms with Crippen molar-refractivity contribution in [1.29, 1.82) is 0 Å². The van der Waals surface area contributed by atoms with Crippen molar-refractivity contribution in [2.45, 2.75) is 0 Å². The molecule has 2 aromatic carbocycles. The van der Waals surface area contributed by atoms with E-state index in [1.54, 1.807) is 18.9 Å². The van der Waals surface area contributed by atoms with E-state index in [0.29, 0.717) is 0 Å². The van der Waals surface area contributed by atoms with Gasteiger partial charge in [0.1, 0.15) is 5.75 Å². The number of hydrogen-bond donors (Lipinski definition) is 0. The Kier molecular flexibility index (Phi) is 5.08. The first-order valence-corrected chi connectivity index (χ1v) is 8.83. The summed E-state index contributed by atoms with van der Waals surface area (Å²) in [5, 5.41) is 1.02. The fraction of sp³-hybridized carbons (Fsp3) is 0.167. The van der Waals surface area contributed by atoms with Crippen molar-refractivity contribution >= 4 is 44.6 Å². The quantitative estimate of drug-likeness (QED) is 0.725. The molecule has 0 aliphatic carbocycles. The third-order valence-corrected chi connectivity index (χ3v) is 5.06. The average Bonchev–Trinajstić information content (AvgIpc) is 2.90. The van der Waals surface area contributed by atoms with Crippen LogP contribution in [0, 0.1) is 0 Å². The van der Waals surface area contributed by atoms with Gasteiger partial charge in [-0.15, -0.1) is 0 Å². The zero-order valence-corrected chi connectivity index (χ0v) is 15.4. The molecule has 0 amide bonds. The van der Waals surface area contributed by atoms with E-state index in [1.807, 2.05) is 36.4 Å². The molecule has 1 fully saturated rings. The van der Waals surface area contributed by atoms with E-state index in [4.69, 9.17) is 9.73 Å². The Morgan fingerprint density at radius 2 is 1.83 bits per heavy atom. The number of halogens is 1. The van der Waals surface area contributed by atoms with Crippen LogP contribution in [0.3, 0.4) is 0 Å². The van der Waals surface area contributed by atoms with E-state index in [-0.39, 0.29) is 0 Å². The Bertz CT molecular complexity index is 739. The summed E-state index contributed by atoms with van der Waals surface area (Å²) in [6, 6.07) is 16.1. The minimum atomic E-state index is 0.876. The van der Waals surface area contributed by atoms with E-state index >= 15 is 0 Å². The number of nitrogens with zero attached hydrogens (tertiary/aromatic N) is 2. The lowest BCUT2D eigenvalue weighted by atomic mass is 10.2. The topological polar surface area (TPSA) is 24.8 Å². The summed E-state index contributed by atoms with van der Waals surface area (Å²) in [6.07, 6.45) is 2.20. The second-order valence-electron chi connectivity index (χ2n) is 5.21. The molecule has 0 spiro atoms. The van der Waals surface area contributed by atoms with Gasteiger partial charge in [-0.2, -0.15) is 0 Å². The molecule has 0 unspecified atom stereocenters. The Balaban J connectivity index is 1.77. The Morgan fingerprint density at radius 3 is 2.48 bits per heavy atom. The number of hydrogen-bond acceptors (Lipinski definition) is 3. The molecule has 0 atom stereocenters. The highest BCUT2D eigenvalue weighted by Crippen LogP contribution is 2.32. The summed E-state index contributed by atoms with van der Waals surface area (Å²) in [5.74, 6) is 0.876. The summed E-state index contributed by atoms with van der Waals surface area (Å²) < 4.78 is 6.26. The summed E-state index contributed by atoms with van der Waals surface area (Å²) >= 11 is 5.16. The van der Waals surface area contributed by atoms with E-state index < -0.39 is 0 Å². The molecular formula is C18H17BrN2OS. The molecule has 118 valence electrons. The fourth-order valence-corrected chi connectivity index (χ4v) is 3.55. The van der Waals surface area contributed by atoms with Crippen LogP contribution in [0.1, 0.15) is 5.56 Å². The summed E-state index contributed by atoms with van der Waals surface area (Å²) in [7, 11) is 3.75. The molecule has 1 heterocycles. The van der Waals surface area contributed by atoms with E-state index in [1.165, 1.54) is 10.5 Å². The molecule has 1 aliphatic heterocycles. The molecule has 0 bridgehead atoms. The number of amidine groups is 1. The first kappa shape index (κ1) is 16.1. The molecule has 3 nitrogen and oxygen atoms in total. The minimum absolute atomic E-state index is 0.876. The normalized spacial score (nSPS) is 18.0. The van der Waals surface area contributed by atoms with Crippen molar-refractivity contribution in [2.75, 3.05) is 20.7 Å². The van der Waals surface area contributed by atoms with Crippen LogP contribution in [0.15, 0.2) is 62.9 Å². The zero-order valence-electron chi connectivity index (χ0n) is 13.0. The first-order chi connectivity index (χ1) is 11.1. The molecule has 23 heavy (non-hydrogen) atoms. The molecule has 2 aromatic rings. The van der Waals surface area contributed by atoms with Crippen LogP contribution in [0.25, 0.3) is 6.08 Å². The van der Waals surface area contributed by atoms with Crippen LogP contribution >= 0.6 is 27.7 Å². The van der Waals surface area contributed by atoms with Crippen molar-refractivity contribution in [2.24, 2.45) is 4.99 Å². The lowest BCUT2D eigenvalue weighted by Crippen LogP contribution is -2.17. The van der Waals surface area contributed by atoms with E-state index in [9.17, 15) is 0 Å². The Labute approximate surface area is 149 Å². The van der Waals surface area contributed by atoms with Gasteiger partial charge in [0.2, 0.25) is 0 Å². The maximum Gasteiger partial charge on any atom is 0.169 e. The van der Waals surface area contributed by atoms with Crippen molar-refractivity contribution in [3.8, 4) is 5.75 Å². The van der Waals surface area contributed by atoms with Gasteiger partial charge < -0.3 is 9.64 Å². The lowest BCUT2D eigenvalue weighted by Gasteiger charge is -2.08. The van der Waals surface area contributed by atoms with Gasteiger partial charge in [-0.05, 0) is 48.0 Å². The molecule has 5 heteroatoms. The van der Waals surface area contributed by atoms with Gasteiger partial charge in [-0.3, -0.25) is 0 Å². The van der Waals surface area contributed by atoms with Gasteiger partial charge in [0.25, 0.3) is 0 Å². The molecule has 0 radical (unpaired) electrons. The number of rotatable bonds is 3. The van der Waals surface area contributed by atoms with Crippen LogP contribution in [-0.4, -0.2) is 30.8 Å². The second kappa shape index (κ2) is 7.23. The minimum Gasteiger partial charge on any atom is -0.497 e. The summed E-state index contributed by atoms with van der Waals surface area (Å²) in [6.45, 7) is 0.881. The Morgan fingerprint density at radius 1 is 1.13 bits per heavy atom. The van der Waals surface area contributed by atoms with Gasteiger partial charge in [0, 0.05) is 16.4 Å². The maximum absolute atomic E-state index is 5.19. The van der Waals surface area contributed by atoms with Gasteiger partial charge in [0.05, 0.1) is 19.3 Å². The van der Waals surface area contributed by atoms with E-state index in [2.05, 4.69) is 46.1 Å². The number of thioether (sulfide) groups is 1. The highest BCUT2D eigenvalue weighted by atomic mass is 79.9. The zero-order chi connectivity index (χ0) is 16.2. The number of methoxy groups -OCH3 is 1. The SMILES string of the molecule is COc1ccc(/C=C2/CN(C)C(=Nc3ccc(Br)cc3)S2)cc1. The fourth-order valence-electron chi connectivity index (χ4n) is 2.22. The standard InChI is InChI=1S/C18H17BrN2OS/c1-21-12-17(11-13-3-9-16(22-2)10-4-13)23-18(21)20-15-7-5-14(19)6-8-15/h3-11H,12H2,1-2H3/b17-11-,20-18?. The molecule has 0 saturated carbocycles. The highest BCUT2D eigenvalue weighted by molar-refractivity contribution is 9.10. The first-order valence-electron chi connectivity index (χ1n) is 7.22. The lowest BCUT2D eigenvalue weighted by molar-refractivity contribution is 0.415. The largest absolute Gasteiger partial charge is 0.497 e. The summed E-state index contributed by atoms with van der Waals surface area (Å²) in [4.78, 5) is 8.18.